The molecule has 0 fully saturated rings. The Kier molecular flexibility index (Phi) is 4.34. The largest absolute Gasteiger partial charge is 0.456 e. The van der Waals surface area contributed by atoms with E-state index in [1.807, 2.05) is 33.8 Å². The van der Waals surface area contributed by atoms with Crippen LogP contribution in [0.3, 0.4) is 0 Å². The van der Waals surface area contributed by atoms with E-state index in [0.29, 0.717) is 12.3 Å². The van der Waals surface area contributed by atoms with Gasteiger partial charge in [0.2, 0.25) is 0 Å². The van der Waals surface area contributed by atoms with Crippen molar-refractivity contribution in [2.24, 2.45) is 5.73 Å². The lowest BCUT2D eigenvalue weighted by Crippen LogP contribution is -2.52. The molecule has 1 heterocycles. The molecule has 1 rings (SSSR count). The Labute approximate surface area is 103 Å². The molecule has 4 nitrogen and oxygen atoms in total. The summed E-state index contributed by atoms with van der Waals surface area (Å²) in [6.45, 7) is 8.19. The fraction of sp³-hybridized carbons (Fsp3) is 0.615. The minimum Gasteiger partial charge on any atom is -0.456 e. The number of carbonyl (C=O) groups excluding carboxylic acids is 1. The van der Waals surface area contributed by atoms with Crippen molar-refractivity contribution in [2.45, 2.75) is 46.1 Å². The van der Waals surface area contributed by atoms with Crippen LogP contribution in [0.15, 0.2) is 10.5 Å². The quantitative estimate of drug-likeness (QED) is 0.825. The fourth-order valence-corrected chi connectivity index (χ4v) is 1.93. The lowest BCUT2D eigenvalue weighted by molar-refractivity contribution is 0.0864. The van der Waals surface area contributed by atoms with E-state index in [4.69, 9.17) is 10.2 Å². The molecule has 1 amide bonds. The molecule has 0 atom stereocenters. The summed E-state index contributed by atoms with van der Waals surface area (Å²) in [5.74, 6) is 0.964. The van der Waals surface area contributed by atoms with Gasteiger partial charge in [0, 0.05) is 12.1 Å². The van der Waals surface area contributed by atoms with E-state index >= 15 is 0 Å². The molecule has 0 saturated carbocycles. The summed E-state index contributed by atoms with van der Waals surface area (Å²) in [5.41, 5.74) is 6.28. The molecule has 0 aliphatic heterocycles. The van der Waals surface area contributed by atoms with Crippen molar-refractivity contribution in [3.05, 3.63) is 23.2 Å². The van der Waals surface area contributed by atoms with Gasteiger partial charge in [0.1, 0.15) is 5.76 Å². The average Bonchev–Trinajstić information content (AvgIpc) is 2.65. The highest BCUT2D eigenvalue weighted by Crippen LogP contribution is 2.18. The zero-order valence-corrected chi connectivity index (χ0v) is 11.1. The van der Waals surface area contributed by atoms with Gasteiger partial charge in [-0.1, -0.05) is 13.8 Å². The third-order valence-electron chi connectivity index (χ3n) is 3.37. The van der Waals surface area contributed by atoms with Crippen molar-refractivity contribution in [3.8, 4) is 0 Å². The number of hydrogen-bond donors (Lipinski definition) is 2. The number of carbonyl (C=O) groups is 1. The Morgan fingerprint density at radius 2 is 2.00 bits per heavy atom. The third-order valence-corrected chi connectivity index (χ3v) is 3.37. The minimum atomic E-state index is -0.329. The number of furan rings is 1. The first-order valence-corrected chi connectivity index (χ1v) is 6.07. The molecule has 0 radical (unpaired) electrons. The van der Waals surface area contributed by atoms with Crippen LogP contribution in [0.4, 0.5) is 0 Å². The SMILES string of the molecule is CCC(CC)(CN)NC(=O)c1oc(C)cc1C. The molecule has 0 aromatic carbocycles. The molecule has 0 aliphatic carbocycles. The zero-order valence-electron chi connectivity index (χ0n) is 11.1. The van der Waals surface area contributed by atoms with Gasteiger partial charge in [0.25, 0.3) is 5.91 Å². The van der Waals surface area contributed by atoms with Crippen molar-refractivity contribution in [1.29, 1.82) is 0 Å². The van der Waals surface area contributed by atoms with Gasteiger partial charge in [-0.05, 0) is 32.8 Å². The van der Waals surface area contributed by atoms with Crippen LogP contribution in [0.25, 0.3) is 0 Å². The molecule has 0 bridgehead atoms. The summed E-state index contributed by atoms with van der Waals surface area (Å²) in [4.78, 5) is 12.1. The van der Waals surface area contributed by atoms with E-state index in [2.05, 4.69) is 5.32 Å². The standard InChI is InChI=1S/C13H22N2O2/c1-5-13(6-2,8-14)15-12(16)11-9(3)7-10(4)17-11/h7H,5-6,8,14H2,1-4H3,(H,15,16). The first-order valence-electron chi connectivity index (χ1n) is 6.07. The van der Waals surface area contributed by atoms with Crippen LogP contribution >= 0.6 is 0 Å². The molecule has 0 unspecified atom stereocenters. The molecule has 17 heavy (non-hydrogen) atoms. The second-order valence-electron chi connectivity index (χ2n) is 4.51. The minimum absolute atomic E-state index is 0.176. The van der Waals surface area contributed by atoms with Gasteiger partial charge in [-0.25, -0.2) is 0 Å². The molecule has 4 heteroatoms. The highest BCUT2D eigenvalue weighted by atomic mass is 16.3. The number of rotatable bonds is 5. The summed E-state index contributed by atoms with van der Waals surface area (Å²) < 4.78 is 5.40. The maximum absolute atomic E-state index is 12.1. The molecule has 1 aromatic heterocycles. The molecule has 0 aliphatic rings. The Morgan fingerprint density at radius 3 is 2.35 bits per heavy atom. The monoisotopic (exact) mass is 238 g/mol. The normalized spacial score (nSPS) is 11.6. The number of nitrogens with two attached hydrogens (primary N) is 1. The number of amides is 1. The van der Waals surface area contributed by atoms with Crippen molar-refractivity contribution in [3.63, 3.8) is 0 Å². The van der Waals surface area contributed by atoms with E-state index in [1.165, 1.54) is 0 Å². The van der Waals surface area contributed by atoms with E-state index in [1.54, 1.807) is 0 Å². The lowest BCUT2D eigenvalue weighted by Gasteiger charge is -2.31. The second-order valence-corrected chi connectivity index (χ2v) is 4.51. The predicted octanol–water partition coefficient (Wildman–Crippen LogP) is 2.14. The third kappa shape index (κ3) is 2.88. The van der Waals surface area contributed by atoms with Crippen LogP contribution in [0, 0.1) is 13.8 Å². The highest BCUT2D eigenvalue weighted by Gasteiger charge is 2.28. The first kappa shape index (κ1) is 13.8. The van der Waals surface area contributed by atoms with E-state index in [9.17, 15) is 4.79 Å². The molecular formula is C13H22N2O2. The van der Waals surface area contributed by atoms with Crippen LogP contribution in [-0.2, 0) is 0 Å². The van der Waals surface area contributed by atoms with E-state index < -0.39 is 0 Å². The molecule has 3 N–H and O–H groups in total. The maximum atomic E-state index is 12.1. The van der Waals surface area contributed by atoms with Gasteiger partial charge in [0.05, 0.1) is 5.54 Å². The van der Waals surface area contributed by atoms with Crippen LogP contribution in [-0.4, -0.2) is 18.0 Å². The van der Waals surface area contributed by atoms with Crippen LogP contribution in [0.2, 0.25) is 0 Å². The van der Waals surface area contributed by atoms with Crippen molar-refractivity contribution in [2.75, 3.05) is 6.54 Å². The maximum Gasteiger partial charge on any atom is 0.287 e. The van der Waals surface area contributed by atoms with Crippen molar-refractivity contribution in [1.82, 2.24) is 5.32 Å². The topological polar surface area (TPSA) is 68.3 Å². The van der Waals surface area contributed by atoms with E-state index in [-0.39, 0.29) is 11.4 Å². The lowest BCUT2D eigenvalue weighted by atomic mass is 9.92. The summed E-state index contributed by atoms with van der Waals surface area (Å²) in [5, 5.41) is 2.99. The van der Waals surface area contributed by atoms with E-state index in [0.717, 1.165) is 24.2 Å². The van der Waals surface area contributed by atoms with Gasteiger partial charge in [-0.2, -0.15) is 0 Å². The number of aryl methyl sites for hydroxylation is 2. The predicted molar refractivity (Wildman–Crippen MR) is 68.0 cm³/mol. The van der Waals surface area contributed by atoms with Crippen molar-refractivity contribution >= 4 is 5.91 Å². The number of hydrogen-bond acceptors (Lipinski definition) is 3. The first-order chi connectivity index (χ1) is 7.98. The van der Waals surface area contributed by atoms with Gasteiger partial charge in [-0.15, -0.1) is 0 Å². The smallest absolute Gasteiger partial charge is 0.287 e. The summed E-state index contributed by atoms with van der Waals surface area (Å²) >= 11 is 0. The van der Waals surface area contributed by atoms with Crippen LogP contribution < -0.4 is 11.1 Å². The van der Waals surface area contributed by atoms with Gasteiger partial charge in [-0.3, -0.25) is 4.79 Å². The molecular weight excluding hydrogens is 216 g/mol. The summed E-state index contributed by atoms with van der Waals surface area (Å²) in [6, 6.07) is 1.86. The fourth-order valence-electron chi connectivity index (χ4n) is 1.93. The Hall–Kier alpha value is -1.29. The molecule has 96 valence electrons. The highest BCUT2D eigenvalue weighted by molar-refractivity contribution is 5.93. The van der Waals surface area contributed by atoms with Gasteiger partial charge >= 0.3 is 0 Å². The Morgan fingerprint density at radius 1 is 1.41 bits per heavy atom. The van der Waals surface area contributed by atoms with Crippen molar-refractivity contribution < 1.29 is 9.21 Å². The second kappa shape index (κ2) is 5.36. The van der Waals surface area contributed by atoms with Crippen LogP contribution in [0.1, 0.15) is 48.6 Å². The number of nitrogens with one attached hydrogen (secondary N) is 1. The molecule has 0 saturated heterocycles. The molecule has 0 spiro atoms. The Bertz CT molecular complexity index is 384. The Balaban J connectivity index is 2.88. The molecule has 1 aromatic rings. The summed E-state index contributed by atoms with van der Waals surface area (Å²) in [6.07, 6.45) is 1.62. The average molecular weight is 238 g/mol. The van der Waals surface area contributed by atoms with Crippen LogP contribution in [0.5, 0.6) is 0 Å². The van der Waals surface area contributed by atoms with Gasteiger partial charge in [0.15, 0.2) is 5.76 Å². The van der Waals surface area contributed by atoms with Gasteiger partial charge < -0.3 is 15.5 Å². The summed E-state index contributed by atoms with van der Waals surface area (Å²) in [7, 11) is 0. The zero-order chi connectivity index (χ0) is 13.1.